The number of rotatable bonds is 7. The number of nitrogens with zero attached hydrogens (tertiary/aromatic N) is 4. The first-order chi connectivity index (χ1) is 16.5. The number of piperidine rings is 1. The molecular weight excluding hydrogens is 500 g/mol. The molecule has 4 heterocycles. The van der Waals surface area contributed by atoms with E-state index in [9.17, 15) is 29.7 Å². The third-order valence-corrected chi connectivity index (χ3v) is 8.32. The van der Waals surface area contributed by atoms with Crippen molar-refractivity contribution in [3.8, 4) is 0 Å². The molecule has 3 aliphatic heterocycles. The number of nitrogens with two attached hydrogens (primary N) is 1. The number of hydrogen-bond acceptors (Lipinski definition) is 11. The van der Waals surface area contributed by atoms with E-state index in [1.807, 2.05) is 7.05 Å². The van der Waals surface area contributed by atoms with Gasteiger partial charge in [-0.1, -0.05) is 5.16 Å². The van der Waals surface area contributed by atoms with E-state index < -0.39 is 41.4 Å². The Balaban J connectivity index is 1.51. The van der Waals surface area contributed by atoms with Crippen molar-refractivity contribution in [2.24, 2.45) is 5.16 Å². The fourth-order valence-corrected chi connectivity index (χ4v) is 6.49. The molecule has 0 bridgehead atoms. The van der Waals surface area contributed by atoms with Crippen LogP contribution in [0.1, 0.15) is 12.1 Å². The Morgan fingerprint density at radius 3 is 2.74 bits per heavy atom. The van der Waals surface area contributed by atoms with E-state index in [0.29, 0.717) is 35.3 Å². The zero-order chi connectivity index (χ0) is 25.5. The second-order valence-electron chi connectivity index (χ2n) is 8.92. The van der Waals surface area contributed by atoms with Crippen LogP contribution in [0, 0.1) is 0 Å². The normalized spacial score (nSPS) is 31.0. The number of likely N-dealkylation sites (tertiary alicyclic amines) is 1. The van der Waals surface area contributed by atoms with Gasteiger partial charge in [-0.3, -0.25) is 14.5 Å². The number of oxime groups is 1. The van der Waals surface area contributed by atoms with Gasteiger partial charge < -0.3 is 35.7 Å². The van der Waals surface area contributed by atoms with Gasteiger partial charge in [0.1, 0.15) is 49.1 Å². The quantitative estimate of drug-likeness (QED) is 0.119. The lowest BCUT2D eigenvalue weighted by Crippen LogP contribution is -2.71. The molecule has 2 saturated heterocycles. The Morgan fingerprint density at radius 1 is 1.40 bits per heavy atom. The minimum atomic E-state index is -1.23. The maximum Gasteiger partial charge on any atom is 0.352 e. The van der Waals surface area contributed by atoms with Crippen LogP contribution in [0.5, 0.6) is 0 Å². The van der Waals surface area contributed by atoms with Gasteiger partial charge in [0.15, 0.2) is 10.8 Å². The van der Waals surface area contributed by atoms with Crippen LogP contribution < -0.4 is 11.1 Å². The molecule has 35 heavy (non-hydrogen) atoms. The first kappa shape index (κ1) is 25.4. The van der Waals surface area contributed by atoms with Gasteiger partial charge in [0.2, 0.25) is 0 Å². The molecule has 0 radical (unpaired) electrons. The summed E-state index contributed by atoms with van der Waals surface area (Å²) < 4.78 is 0.353. The number of carboxylic acid groups (broad SMARTS) is 1. The molecule has 4 rings (SSSR count). The zero-order valence-corrected chi connectivity index (χ0v) is 20.7. The van der Waals surface area contributed by atoms with E-state index >= 15 is 0 Å². The van der Waals surface area contributed by atoms with Crippen molar-refractivity contribution in [2.45, 2.75) is 30.0 Å². The molecular formula is C20H27N6O7S2+. The first-order valence-electron chi connectivity index (χ1n) is 10.8. The fraction of sp³-hybridized carbons (Fsp3) is 0.550. The second kappa shape index (κ2) is 9.73. The summed E-state index contributed by atoms with van der Waals surface area (Å²) in [7, 11) is 3.16. The summed E-state index contributed by atoms with van der Waals surface area (Å²) in [5.74, 6) is -2.12. The molecule has 3 aliphatic rings. The summed E-state index contributed by atoms with van der Waals surface area (Å²) in [4.78, 5) is 48.0. The number of thioether (sulfide) groups is 1. The molecule has 1 aromatic heterocycles. The number of β-lactam (4-membered cyclic amide) rings is 1. The average Bonchev–Trinajstić information content (AvgIpc) is 3.23. The lowest BCUT2D eigenvalue weighted by Gasteiger charge is -2.50. The maximum absolute atomic E-state index is 13.0. The van der Waals surface area contributed by atoms with Crippen LogP contribution >= 0.6 is 23.1 Å². The summed E-state index contributed by atoms with van der Waals surface area (Å²) in [6.07, 6.45) is -1.30. The number of thiazole rings is 1. The summed E-state index contributed by atoms with van der Waals surface area (Å²) in [6.45, 7) is 1.17. The molecule has 5 atom stereocenters. The van der Waals surface area contributed by atoms with E-state index in [2.05, 4.69) is 15.5 Å². The van der Waals surface area contributed by atoms with Crippen molar-refractivity contribution < 1.29 is 39.0 Å². The topological polar surface area (TPSA) is 188 Å². The van der Waals surface area contributed by atoms with Crippen molar-refractivity contribution in [1.29, 1.82) is 0 Å². The maximum atomic E-state index is 13.0. The van der Waals surface area contributed by atoms with Crippen molar-refractivity contribution in [2.75, 3.05) is 45.3 Å². The molecule has 1 aromatic rings. The second-order valence-corrected chi connectivity index (χ2v) is 10.9. The molecule has 0 spiro atoms. The van der Waals surface area contributed by atoms with Gasteiger partial charge in [-0.2, -0.15) is 0 Å². The third-order valence-electron chi connectivity index (χ3n) is 6.31. The Hall–Kier alpha value is -2.72. The monoisotopic (exact) mass is 527 g/mol. The molecule has 6 N–H and O–H groups in total. The third kappa shape index (κ3) is 4.86. The van der Waals surface area contributed by atoms with Gasteiger partial charge in [0.25, 0.3) is 11.8 Å². The van der Waals surface area contributed by atoms with Crippen LogP contribution in [0.25, 0.3) is 0 Å². The molecule has 0 aromatic carbocycles. The highest BCUT2D eigenvalue weighted by molar-refractivity contribution is 8.00. The predicted octanol–water partition coefficient (Wildman–Crippen LogP) is -1.61. The number of anilines is 1. The van der Waals surface area contributed by atoms with Crippen LogP contribution in [-0.2, 0) is 19.2 Å². The minimum absolute atomic E-state index is 0.0951. The highest BCUT2D eigenvalue weighted by atomic mass is 32.2. The number of fused-ring (bicyclic) bond motifs is 1. The predicted molar refractivity (Wildman–Crippen MR) is 127 cm³/mol. The number of carbonyl (C=O) groups is 3. The molecule has 0 aliphatic carbocycles. The summed E-state index contributed by atoms with van der Waals surface area (Å²) >= 11 is 2.47. The Morgan fingerprint density at radius 2 is 2.14 bits per heavy atom. The smallest absolute Gasteiger partial charge is 0.352 e. The molecule has 13 nitrogen and oxygen atoms in total. The number of nitrogens with one attached hydrogen (secondary N) is 1. The van der Waals surface area contributed by atoms with Crippen LogP contribution in [-0.4, -0.2) is 116 Å². The summed E-state index contributed by atoms with van der Waals surface area (Å²) in [5.41, 5.74) is 6.16. The van der Waals surface area contributed by atoms with Crippen LogP contribution in [0.2, 0.25) is 0 Å². The number of amides is 2. The van der Waals surface area contributed by atoms with Crippen molar-refractivity contribution in [1.82, 2.24) is 15.2 Å². The number of likely N-dealkylation sites (N-methyl/N-ethyl adjacent to an activating group) is 1. The van der Waals surface area contributed by atoms with Crippen LogP contribution in [0.3, 0.4) is 0 Å². The standard InChI is InChI=1S/C20H26N6O7S2/c1-26(4-3-11(27)12(28)6-26)5-9-7-34-18-14(17(30)25(18)15(9)19(31)32)23-16(29)13(24-33-2)10-8-35-20(21)22-10/h8,11-12,14,18,27-28H,3-7H2,1-2H3,(H3-,21,22,23,29,31,32)/p+1/t11?,12-,14?,18-,26-/m0/s1. The minimum Gasteiger partial charge on any atom is -0.477 e. The molecule has 15 heteroatoms. The number of carboxylic acids is 1. The first-order valence-corrected chi connectivity index (χ1v) is 12.7. The van der Waals surface area contributed by atoms with E-state index in [1.54, 1.807) is 0 Å². The van der Waals surface area contributed by atoms with E-state index in [1.165, 1.54) is 29.2 Å². The van der Waals surface area contributed by atoms with Crippen molar-refractivity contribution in [3.63, 3.8) is 0 Å². The summed E-state index contributed by atoms with van der Waals surface area (Å²) in [6, 6.07) is -0.946. The number of aliphatic hydroxyl groups excluding tert-OH is 2. The Bertz CT molecular complexity index is 1110. The fourth-order valence-electron chi connectivity index (χ4n) is 4.61. The SMILES string of the molecule is CON=C(C(=O)NC1C(=O)N2C(C(=O)O)=C(C[N@+]3(C)CCC(O)[C@@H](O)C3)CS[C@@H]12)c1csc(N)n1. The number of aliphatic carboxylic acids is 1. The lowest BCUT2D eigenvalue weighted by atomic mass is 9.99. The summed E-state index contributed by atoms with van der Waals surface area (Å²) in [5, 5.41) is 37.4. The molecule has 2 unspecified atom stereocenters. The number of carbonyl (C=O) groups excluding carboxylic acids is 2. The number of aliphatic hydroxyl groups is 2. The van der Waals surface area contributed by atoms with Gasteiger partial charge >= 0.3 is 5.97 Å². The molecule has 0 saturated carbocycles. The lowest BCUT2D eigenvalue weighted by molar-refractivity contribution is -0.914. The highest BCUT2D eigenvalue weighted by Crippen LogP contribution is 2.41. The molecule has 2 fully saturated rings. The van der Waals surface area contributed by atoms with E-state index in [-0.39, 0.29) is 28.8 Å². The highest BCUT2D eigenvalue weighted by Gasteiger charge is 2.55. The van der Waals surface area contributed by atoms with Gasteiger partial charge in [0.05, 0.1) is 19.7 Å². The molecule has 2 amide bonds. The largest absolute Gasteiger partial charge is 0.477 e. The molecule has 190 valence electrons. The van der Waals surface area contributed by atoms with Crippen molar-refractivity contribution >= 4 is 51.7 Å². The van der Waals surface area contributed by atoms with Crippen molar-refractivity contribution in [3.05, 3.63) is 22.3 Å². The number of nitrogen functional groups attached to an aromatic ring is 1. The van der Waals surface area contributed by atoms with E-state index in [4.69, 9.17) is 10.6 Å². The number of aromatic nitrogens is 1. The van der Waals surface area contributed by atoms with E-state index in [0.717, 1.165) is 11.3 Å². The van der Waals surface area contributed by atoms with Gasteiger partial charge in [-0.15, -0.1) is 23.1 Å². The number of quaternary nitrogens is 1. The zero-order valence-electron chi connectivity index (χ0n) is 19.1. The van der Waals surface area contributed by atoms with Crippen LogP contribution in [0.15, 0.2) is 21.8 Å². The van der Waals surface area contributed by atoms with Crippen LogP contribution in [0.4, 0.5) is 5.13 Å². The average molecular weight is 528 g/mol. The Kier molecular flexibility index (Phi) is 7.06. The number of hydrogen-bond donors (Lipinski definition) is 5. The Labute approximate surface area is 208 Å². The van der Waals surface area contributed by atoms with Gasteiger partial charge in [0, 0.05) is 23.1 Å². The van der Waals surface area contributed by atoms with Gasteiger partial charge in [-0.25, -0.2) is 9.78 Å². The van der Waals surface area contributed by atoms with Gasteiger partial charge in [-0.05, 0) is 0 Å².